The number of ether oxygens (including phenoxy) is 2. The highest BCUT2D eigenvalue weighted by Crippen LogP contribution is 2.27. The molecule has 1 heterocycles. The first-order valence-corrected chi connectivity index (χ1v) is 6.17. The molecule has 1 aromatic heterocycles. The van der Waals surface area contributed by atoms with Crippen molar-refractivity contribution in [2.75, 3.05) is 31.9 Å². The normalized spacial score (nSPS) is 10.0. The third-order valence-corrected chi connectivity index (χ3v) is 2.82. The molecule has 106 valence electrons. The summed E-state index contributed by atoms with van der Waals surface area (Å²) in [4.78, 5) is 8.63. The number of nitrogens with zero attached hydrogens (tertiary/aromatic N) is 2. The summed E-state index contributed by atoms with van der Waals surface area (Å²) in [5.74, 6) is 2.70. The molecule has 0 saturated carbocycles. The van der Waals surface area contributed by atoms with Crippen LogP contribution in [0.1, 0.15) is 5.56 Å². The summed E-state index contributed by atoms with van der Waals surface area (Å²) in [6.45, 7) is 1.95. The van der Waals surface area contributed by atoms with Crippen molar-refractivity contribution >= 4 is 17.5 Å². The second-order valence-electron chi connectivity index (χ2n) is 4.20. The van der Waals surface area contributed by atoms with E-state index in [4.69, 9.17) is 9.47 Å². The molecule has 0 aliphatic rings. The van der Waals surface area contributed by atoms with Gasteiger partial charge in [-0.15, -0.1) is 0 Å². The zero-order chi connectivity index (χ0) is 14.5. The fourth-order valence-electron chi connectivity index (χ4n) is 1.76. The van der Waals surface area contributed by atoms with Gasteiger partial charge in [-0.3, -0.25) is 0 Å². The van der Waals surface area contributed by atoms with E-state index in [2.05, 4.69) is 20.6 Å². The van der Waals surface area contributed by atoms with E-state index >= 15 is 0 Å². The van der Waals surface area contributed by atoms with Gasteiger partial charge in [0, 0.05) is 42.7 Å². The minimum atomic E-state index is 0.509. The topological polar surface area (TPSA) is 68.3 Å². The quantitative estimate of drug-likeness (QED) is 0.873. The minimum absolute atomic E-state index is 0.509. The van der Waals surface area contributed by atoms with Crippen LogP contribution in [0, 0.1) is 6.92 Å². The third-order valence-electron chi connectivity index (χ3n) is 2.82. The Kier molecular flexibility index (Phi) is 4.24. The van der Waals surface area contributed by atoms with Crippen molar-refractivity contribution in [2.45, 2.75) is 6.92 Å². The summed E-state index contributed by atoms with van der Waals surface area (Å²) in [6.07, 6.45) is 1.76. The SMILES string of the molecule is CNc1nc(Nc2cc(OC)cc(OC)c2)ncc1C. The predicted octanol–water partition coefficient (Wildman–Crippen LogP) is 2.59. The first-order valence-electron chi connectivity index (χ1n) is 6.17. The second-order valence-corrected chi connectivity index (χ2v) is 4.20. The molecular weight excluding hydrogens is 256 g/mol. The Hall–Kier alpha value is -2.50. The summed E-state index contributed by atoms with van der Waals surface area (Å²) in [5, 5.41) is 6.16. The van der Waals surface area contributed by atoms with Crippen molar-refractivity contribution in [1.29, 1.82) is 0 Å². The molecule has 0 spiro atoms. The summed E-state index contributed by atoms with van der Waals surface area (Å²) >= 11 is 0. The van der Waals surface area contributed by atoms with E-state index in [1.54, 1.807) is 26.5 Å². The van der Waals surface area contributed by atoms with Gasteiger partial charge >= 0.3 is 0 Å². The van der Waals surface area contributed by atoms with Crippen LogP contribution in [0.25, 0.3) is 0 Å². The Bertz CT molecular complexity index is 579. The van der Waals surface area contributed by atoms with Gasteiger partial charge in [0.15, 0.2) is 0 Å². The minimum Gasteiger partial charge on any atom is -0.497 e. The van der Waals surface area contributed by atoms with Crippen LogP contribution in [0.2, 0.25) is 0 Å². The Morgan fingerprint density at radius 3 is 2.25 bits per heavy atom. The Labute approximate surface area is 118 Å². The van der Waals surface area contributed by atoms with Gasteiger partial charge in [0.1, 0.15) is 17.3 Å². The molecule has 0 aliphatic carbocycles. The average Bonchev–Trinajstić information content (AvgIpc) is 2.48. The lowest BCUT2D eigenvalue weighted by molar-refractivity contribution is 0.395. The van der Waals surface area contributed by atoms with E-state index in [1.807, 2.05) is 26.1 Å². The number of aromatic nitrogens is 2. The molecule has 0 bridgehead atoms. The summed E-state index contributed by atoms with van der Waals surface area (Å²) < 4.78 is 10.5. The zero-order valence-electron chi connectivity index (χ0n) is 12.0. The molecular formula is C14H18N4O2. The van der Waals surface area contributed by atoms with E-state index in [0.717, 1.165) is 17.1 Å². The van der Waals surface area contributed by atoms with E-state index < -0.39 is 0 Å². The Morgan fingerprint density at radius 1 is 1.05 bits per heavy atom. The summed E-state index contributed by atoms with van der Waals surface area (Å²) in [5.41, 5.74) is 1.79. The Balaban J connectivity index is 2.29. The lowest BCUT2D eigenvalue weighted by Gasteiger charge is -2.11. The highest BCUT2D eigenvalue weighted by atomic mass is 16.5. The molecule has 0 radical (unpaired) electrons. The molecule has 0 aliphatic heterocycles. The van der Waals surface area contributed by atoms with Crippen LogP contribution in [0.3, 0.4) is 0 Å². The molecule has 0 amide bonds. The predicted molar refractivity (Wildman–Crippen MR) is 79.1 cm³/mol. The highest BCUT2D eigenvalue weighted by molar-refractivity contribution is 5.60. The highest BCUT2D eigenvalue weighted by Gasteiger charge is 2.05. The monoisotopic (exact) mass is 274 g/mol. The van der Waals surface area contributed by atoms with Crippen LogP contribution in [0.5, 0.6) is 11.5 Å². The fourth-order valence-corrected chi connectivity index (χ4v) is 1.76. The van der Waals surface area contributed by atoms with E-state index in [0.29, 0.717) is 17.4 Å². The van der Waals surface area contributed by atoms with Crippen LogP contribution in [0.15, 0.2) is 24.4 Å². The van der Waals surface area contributed by atoms with Crippen LogP contribution >= 0.6 is 0 Å². The number of hydrogen-bond donors (Lipinski definition) is 2. The van der Waals surface area contributed by atoms with Gasteiger partial charge in [-0.2, -0.15) is 4.98 Å². The Morgan fingerprint density at radius 2 is 1.70 bits per heavy atom. The van der Waals surface area contributed by atoms with Crippen molar-refractivity contribution < 1.29 is 9.47 Å². The number of rotatable bonds is 5. The molecule has 0 saturated heterocycles. The van der Waals surface area contributed by atoms with Crippen LogP contribution in [-0.2, 0) is 0 Å². The largest absolute Gasteiger partial charge is 0.497 e. The van der Waals surface area contributed by atoms with Gasteiger partial charge in [-0.25, -0.2) is 4.98 Å². The van der Waals surface area contributed by atoms with E-state index in [1.165, 1.54) is 0 Å². The van der Waals surface area contributed by atoms with Crippen molar-refractivity contribution in [1.82, 2.24) is 9.97 Å². The number of benzene rings is 1. The summed E-state index contributed by atoms with van der Waals surface area (Å²) in [6, 6.07) is 5.51. The molecule has 20 heavy (non-hydrogen) atoms. The maximum atomic E-state index is 5.23. The molecule has 0 fully saturated rings. The molecule has 0 unspecified atom stereocenters. The number of nitrogens with one attached hydrogen (secondary N) is 2. The number of anilines is 3. The van der Waals surface area contributed by atoms with Crippen molar-refractivity contribution in [3.63, 3.8) is 0 Å². The maximum Gasteiger partial charge on any atom is 0.229 e. The van der Waals surface area contributed by atoms with Crippen LogP contribution in [0.4, 0.5) is 17.5 Å². The van der Waals surface area contributed by atoms with Gasteiger partial charge in [-0.05, 0) is 6.92 Å². The maximum absolute atomic E-state index is 5.23. The van der Waals surface area contributed by atoms with E-state index in [-0.39, 0.29) is 0 Å². The van der Waals surface area contributed by atoms with Crippen LogP contribution in [-0.4, -0.2) is 31.2 Å². The van der Waals surface area contributed by atoms with Gasteiger partial charge in [0.2, 0.25) is 5.95 Å². The molecule has 0 atom stereocenters. The molecule has 1 aromatic carbocycles. The number of aryl methyl sites for hydroxylation is 1. The number of methoxy groups -OCH3 is 2. The lowest BCUT2D eigenvalue weighted by Crippen LogP contribution is -2.02. The van der Waals surface area contributed by atoms with Crippen LogP contribution < -0.4 is 20.1 Å². The average molecular weight is 274 g/mol. The standard InChI is InChI=1S/C14H18N4O2/c1-9-8-16-14(18-13(9)15-2)17-10-5-11(19-3)7-12(6-10)20-4/h5-8H,1-4H3,(H2,15,16,17,18). The molecule has 2 aromatic rings. The van der Waals surface area contributed by atoms with Crippen molar-refractivity contribution in [2.24, 2.45) is 0 Å². The van der Waals surface area contributed by atoms with Crippen molar-refractivity contribution in [3.8, 4) is 11.5 Å². The van der Waals surface area contributed by atoms with Gasteiger partial charge in [0.05, 0.1) is 14.2 Å². The number of hydrogen-bond acceptors (Lipinski definition) is 6. The molecule has 2 N–H and O–H groups in total. The zero-order valence-corrected chi connectivity index (χ0v) is 12.0. The molecule has 6 nitrogen and oxygen atoms in total. The van der Waals surface area contributed by atoms with Crippen molar-refractivity contribution in [3.05, 3.63) is 30.0 Å². The second kappa shape index (κ2) is 6.10. The van der Waals surface area contributed by atoms with Gasteiger partial charge in [-0.1, -0.05) is 0 Å². The smallest absolute Gasteiger partial charge is 0.229 e. The van der Waals surface area contributed by atoms with Gasteiger partial charge in [0.25, 0.3) is 0 Å². The molecule has 6 heteroatoms. The molecule has 2 rings (SSSR count). The summed E-state index contributed by atoms with van der Waals surface area (Å²) in [7, 11) is 5.05. The fraction of sp³-hybridized carbons (Fsp3) is 0.286. The first kappa shape index (κ1) is 13.9. The third kappa shape index (κ3) is 3.09. The van der Waals surface area contributed by atoms with E-state index in [9.17, 15) is 0 Å². The van der Waals surface area contributed by atoms with Gasteiger partial charge < -0.3 is 20.1 Å². The lowest BCUT2D eigenvalue weighted by atomic mass is 10.3. The first-order chi connectivity index (χ1) is 9.66.